The molecule has 0 bridgehead atoms. The van der Waals surface area contributed by atoms with Gasteiger partial charge < -0.3 is 15.5 Å². The molecule has 3 heterocycles. The summed E-state index contributed by atoms with van der Waals surface area (Å²) in [6.07, 6.45) is -1.25. The second kappa shape index (κ2) is 7.72. The number of anilines is 3. The maximum atomic E-state index is 13.1. The molecule has 7 nitrogen and oxygen atoms in total. The highest BCUT2D eigenvalue weighted by Crippen LogP contribution is 2.33. The monoisotopic (exact) mass is 389 g/mol. The predicted octanol–water partition coefficient (Wildman–Crippen LogP) is 3.32. The zero-order valence-electron chi connectivity index (χ0n) is 15.0. The molecule has 1 fully saturated rings. The molecule has 0 spiro atoms. The summed E-state index contributed by atoms with van der Waals surface area (Å²) < 4.78 is 38.9. The van der Waals surface area contributed by atoms with Crippen molar-refractivity contribution >= 4 is 23.2 Å². The topological polar surface area (TPSA) is 101 Å². The molecule has 1 aliphatic heterocycles. The molecule has 0 aliphatic carbocycles. The number of likely N-dealkylation sites (tertiary alicyclic amines) is 1. The Morgan fingerprint density at radius 2 is 2.14 bits per heavy atom. The van der Waals surface area contributed by atoms with Gasteiger partial charge in [0.2, 0.25) is 0 Å². The van der Waals surface area contributed by atoms with Crippen LogP contribution in [-0.2, 0) is 0 Å². The predicted molar refractivity (Wildman–Crippen MR) is 98.7 cm³/mol. The van der Waals surface area contributed by atoms with Crippen molar-refractivity contribution in [3.8, 4) is 6.07 Å². The lowest BCUT2D eigenvalue weighted by Gasteiger charge is -2.45. The van der Waals surface area contributed by atoms with Crippen molar-refractivity contribution in [2.75, 3.05) is 37.4 Å². The van der Waals surface area contributed by atoms with Gasteiger partial charge in [-0.3, -0.25) is 5.41 Å². The van der Waals surface area contributed by atoms with Crippen molar-refractivity contribution in [3.63, 3.8) is 0 Å². The van der Waals surface area contributed by atoms with Crippen molar-refractivity contribution in [1.29, 1.82) is 10.7 Å². The van der Waals surface area contributed by atoms with Crippen molar-refractivity contribution in [1.82, 2.24) is 14.9 Å². The minimum Gasteiger partial charge on any atom is -0.373 e. The number of pyridine rings is 2. The lowest BCUT2D eigenvalue weighted by atomic mass is 9.82. The third-order valence-corrected chi connectivity index (χ3v) is 4.47. The summed E-state index contributed by atoms with van der Waals surface area (Å²) in [5, 5.41) is 23.3. The molecule has 1 aliphatic rings. The molecule has 10 heteroatoms. The summed E-state index contributed by atoms with van der Waals surface area (Å²) in [6.45, 7) is -0.573. The van der Waals surface area contributed by atoms with Crippen molar-refractivity contribution < 1.29 is 13.2 Å². The fourth-order valence-electron chi connectivity index (χ4n) is 2.86. The summed E-state index contributed by atoms with van der Waals surface area (Å²) >= 11 is 0. The number of nitrogens with zero attached hydrogens (tertiary/aromatic N) is 4. The van der Waals surface area contributed by atoms with Gasteiger partial charge >= 0.3 is 0 Å². The van der Waals surface area contributed by atoms with E-state index in [4.69, 9.17) is 10.7 Å². The van der Waals surface area contributed by atoms with Crippen LogP contribution in [0.2, 0.25) is 0 Å². The molecule has 1 saturated heterocycles. The number of halogens is 3. The minimum absolute atomic E-state index is 0.0574. The van der Waals surface area contributed by atoms with Gasteiger partial charge in [0, 0.05) is 32.4 Å². The van der Waals surface area contributed by atoms with Gasteiger partial charge in [-0.25, -0.2) is 23.1 Å². The molecule has 2 aromatic heterocycles. The van der Waals surface area contributed by atoms with E-state index in [-0.39, 0.29) is 30.4 Å². The summed E-state index contributed by atoms with van der Waals surface area (Å²) in [5.74, 6) is 0.753. The molecular formula is C18H18F3N7. The Labute approximate surface area is 159 Å². The van der Waals surface area contributed by atoms with E-state index in [0.717, 1.165) is 0 Å². The van der Waals surface area contributed by atoms with Gasteiger partial charge in [-0.05, 0) is 12.1 Å². The van der Waals surface area contributed by atoms with Crippen LogP contribution in [0.25, 0.3) is 0 Å². The highest BCUT2D eigenvalue weighted by atomic mass is 19.3. The first kappa shape index (κ1) is 19.4. The Bertz CT molecular complexity index is 920. The molecule has 3 rings (SSSR count). The van der Waals surface area contributed by atoms with Crippen LogP contribution in [0.5, 0.6) is 0 Å². The Balaban J connectivity index is 1.88. The molecule has 0 amide bonds. The van der Waals surface area contributed by atoms with Crippen LogP contribution in [0.15, 0.2) is 30.5 Å². The summed E-state index contributed by atoms with van der Waals surface area (Å²) in [6, 6.07) is 7.79. The van der Waals surface area contributed by atoms with Gasteiger partial charge in [0.1, 0.15) is 35.3 Å². The molecule has 3 N–H and O–H groups in total. The summed E-state index contributed by atoms with van der Waals surface area (Å²) in [4.78, 5) is 9.62. The average Bonchev–Trinajstić information content (AvgIpc) is 2.68. The van der Waals surface area contributed by atoms with E-state index in [2.05, 4.69) is 20.6 Å². The number of aromatic nitrogens is 2. The van der Waals surface area contributed by atoms with Gasteiger partial charge in [-0.15, -0.1) is 0 Å². The number of nitriles is 1. The van der Waals surface area contributed by atoms with Crippen LogP contribution in [0.4, 0.5) is 30.5 Å². The van der Waals surface area contributed by atoms with E-state index in [1.54, 1.807) is 18.0 Å². The van der Waals surface area contributed by atoms with Gasteiger partial charge in [-0.1, -0.05) is 6.07 Å². The molecule has 0 atom stereocenters. The summed E-state index contributed by atoms with van der Waals surface area (Å²) in [7, 11) is 1.67. The molecule has 0 radical (unpaired) electrons. The van der Waals surface area contributed by atoms with E-state index in [0.29, 0.717) is 17.1 Å². The van der Waals surface area contributed by atoms with E-state index in [9.17, 15) is 13.2 Å². The highest BCUT2D eigenvalue weighted by molar-refractivity contribution is 6.02. The lowest BCUT2D eigenvalue weighted by molar-refractivity contribution is 0.0864. The second-order valence-electron chi connectivity index (χ2n) is 6.47. The first-order valence-corrected chi connectivity index (χ1v) is 8.42. The van der Waals surface area contributed by atoms with Crippen LogP contribution >= 0.6 is 0 Å². The molecular weight excluding hydrogens is 371 g/mol. The zero-order chi connectivity index (χ0) is 20.3. The third-order valence-electron chi connectivity index (χ3n) is 4.47. The Kier molecular flexibility index (Phi) is 5.35. The second-order valence-corrected chi connectivity index (χ2v) is 6.47. The SMILES string of the molecule is CNc1cc(Nc2cccc(C(F)F)n2)c(C(=N)N2CC(C#N)(CF)C2)cn1. The van der Waals surface area contributed by atoms with E-state index < -0.39 is 18.5 Å². The van der Waals surface area contributed by atoms with Crippen LogP contribution in [-0.4, -0.2) is 47.5 Å². The van der Waals surface area contributed by atoms with E-state index in [1.165, 1.54) is 24.4 Å². The Morgan fingerprint density at radius 3 is 2.75 bits per heavy atom. The maximum Gasteiger partial charge on any atom is 0.280 e. The molecule has 146 valence electrons. The standard InChI is InChI=1S/C18H18F3N7/c1-24-15-5-13(27-14-4-2-3-12(26-14)16(20)21)11(6-25-15)17(23)28-9-18(7-19,8-22)10-28/h2-6,16,23H,7,9-10H2,1H3,(H2,24,25,26,27). The number of rotatable bonds is 6. The quantitative estimate of drug-likeness (QED) is 0.518. The smallest absolute Gasteiger partial charge is 0.280 e. The highest BCUT2D eigenvalue weighted by Gasteiger charge is 2.45. The molecule has 2 aromatic rings. The van der Waals surface area contributed by atoms with Crippen LogP contribution in [0.3, 0.4) is 0 Å². The molecule has 0 aromatic carbocycles. The van der Waals surface area contributed by atoms with Crippen LogP contribution < -0.4 is 10.6 Å². The zero-order valence-corrected chi connectivity index (χ0v) is 15.0. The lowest BCUT2D eigenvalue weighted by Crippen LogP contribution is -2.59. The normalized spacial score (nSPS) is 14.9. The number of hydrogen-bond donors (Lipinski definition) is 3. The molecule has 0 unspecified atom stereocenters. The average molecular weight is 389 g/mol. The first-order chi connectivity index (χ1) is 13.4. The van der Waals surface area contributed by atoms with Crippen LogP contribution in [0.1, 0.15) is 17.7 Å². The van der Waals surface area contributed by atoms with E-state index in [1.807, 2.05) is 6.07 Å². The minimum atomic E-state index is -2.70. The Hall–Kier alpha value is -3.35. The summed E-state index contributed by atoms with van der Waals surface area (Å²) in [5.41, 5.74) is -0.647. The number of amidine groups is 1. The fourth-order valence-corrected chi connectivity index (χ4v) is 2.86. The van der Waals surface area contributed by atoms with Gasteiger partial charge in [0.15, 0.2) is 0 Å². The van der Waals surface area contributed by atoms with Crippen molar-refractivity contribution in [2.45, 2.75) is 6.43 Å². The molecule has 0 saturated carbocycles. The van der Waals surface area contributed by atoms with E-state index >= 15 is 0 Å². The van der Waals surface area contributed by atoms with Gasteiger partial charge in [0.25, 0.3) is 6.43 Å². The Morgan fingerprint density at radius 1 is 1.39 bits per heavy atom. The third kappa shape index (κ3) is 3.69. The maximum absolute atomic E-state index is 13.1. The number of nitrogens with one attached hydrogen (secondary N) is 3. The first-order valence-electron chi connectivity index (χ1n) is 8.42. The number of alkyl halides is 3. The fraction of sp³-hybridized carbons (Fsp3) is 0.333. The van der Waals surface area contributed by atoms with Crippen LogP contribution in [0, 0.1) is 22.2 Å². The molecule has 28 heavy (non-hydrogen) atoms. The van der Waals surface area contributed by atoms with Gasteiger partial charge in [-0.2, -0.15) is 5.26 Å². The van der Waals surface area contributed by atoms with Gasteiger partial charge in [0.05, 0.1) is 17.3 Å². The van der Waals surface area contributed by atoms with Crippen molar-refractivity contribution in [3.05, 3.63) is 41.7 Å². The largest absolute Gasteiger partial charge is 0.373 e. The number of hydrogen-bond acceptors (Lipinski definition) is 6. The van der Waals surface area contributed by atoms with Crippen molar-refractivity contribution in [2.24, 2.45) is 5.41 Å².